The monoisotopic (exact) mass is 303 g/mol. The van der Waals surface area contributed by atoms with Crippen LogP contribution in [-0.2, 0) is 0 Å². The number of carbonyl (C=O) groups excluding carboxylic acids is 1. The Kier molecular flexibility index (Phi) is 5.50. The molecule has 0 heterocycles. The number of carbonyl (C=O) groups is 1. The molecule has 20 heavy (non-hydrogen) atoms. The van der Waals surface area contributed by atoms with Gasteiger partial charge in [0.25, 0.3) is 5.91 Å². The lowest BCUT2D eigenvalue weighted by Gasteiger charge is -2.30. The highest BCUT2D eigenvalue weighted by molar-refractivity contribution is 6.33. The summed E-state index contributed by atoms with van der Waals surface area (Å²) in [5, 5.41) is 18.5. The third-order valence-electron chi connectivity index (χ3n) is 3.21. The van der Waals surface area contributed by atoms with E-state index in [1.807, 2.05) is 0 Å². The lowest BCUT2D eigenvalue weighted by molar-refractivity contribution is 0.0366. The molecule has 1 aromatic rings. The Bertz CT molecular complexity index is 503. The van der Waals surface area contributed by atoms with Crippen molar-refractivity contribution in [3.8, 4) is 0 Å². The molecule has 1 rings (SSSR count). The fourth-order valence-corrected chi connectivity index (χ4v) is 2.05. The van der Waals surface area contributed by atoms with Crippen molar-refractivity contribution in [2.75, 3.05) is 26.8 Å². The van der Waals surface area contributed by atoms with E-state index in [2.05, 4.69) is 0 Å². The van der Waals surface area contributed by atoms with E-state index in [1.165, 1.54) is 11.0 Å². The molecule has 0 aliphatic carbocycles. The van der Waals surface area contributed by atoms with Crippen molar-refractivity contribution in [1.82, 2.24) is 4.90 Å². The van der Waals surface area contributed by atoms with Crippen LogP contribution in [0.2, 0.25) is 5.02 Å². The zero-order chi connectivity index (χ0) is 15.5. The minimum atomic E-state index is -0.800. The Balaban J connectivity index is 2.98. The summed E-state index contributed by atoms with van der Waals surface area (Å²) in [6.07, 6.45) is 0. The first-order valence-electron chi connectivity index (χ1n) is 6.17. The van der Waals surface area contributed by atoms with Gasteiger partial charge in [-0.25, -0.2) is 4.39 Å². The van der Waals surface area contributed by atoms with Crippen LogP contribution >= 0.6 is 11.6 Å². The molecule has 0 aliphatic heterocycles. The van der Waals surface area contributed by atoms with Crippen LogP contribution in [0.4, 0.5) is 4.39 Å². The number of hydrogen-bond donors (Lipinski definition) is 2. The fourth-order valence-electron chi connectivity index (χ4n) is 1.82. The van der Waals surface area contributed by atoms with Crippen LogP contribution in [0.15, 0.2) is 12.1 Å². The molecule has 0 spiro atoms. The van der Waals surface area contributed by atoms with Crippen molar-refractivity contribution in [2.45, 2.75) is 13.8 Å². The van der Waals surface area contributed by atoms with Gasteiger partial charge in [0, 0.05) is 19.0 Å². The average Bonchev–Trinajstić information content (AvgIpc) is 2.41. The van der Waals surface area contributed by atoms with Gasteiger partial charge in [-0.05, 0) is 24.6 Å². The van der Waals surface area contributed by atoms with E-state index < -0.39 is 11.2 Å². The second-order valence-corrected chi connectivity index (χ2v) is 5.78. The van der Waals surface area contributed by atoms with E-state index in [-0.39, 0.29) is 36.3 Å². The molecule has 0 atom stereocenters. The van der Waals surface area contributed by atoms with Crippen molar-refractivity contribution in [1.29, 1.82) is 0 Å². The zero-order valence-corrected chi connectivity index (χ0v) is 12.5. The topological polar surface area (TPSA) is 60.8 Å². The summed E-state index contributed by atoms with van der Waals surface area (Å²) < 4.78 is 13.3. The minimum Gasteiger partial charge on any atom is -0.396 e. The van der Waals surface area contributed by atoms with E-state index >= 15 is 0 Å². The maximum atomic E-state index is 13.3. The Labute approximate surface area is 122 Å². The number of hydrogen-bond acceptors (Lipinski definition) is 3. The summed E-state index contributed by atoms with van der Waals surface area (Å²) in [4.78, 5) is 13.6. The Morgan fingerprint density at radius 3 is 2.45 bits per heavy atom. The highest BCUT2D eigenvalue weighted by Gasteiger charge is 2.27. The Hall–Kier alpha value is -1.17. The quantitative estimate of drug-likeness (QED) is 0.873. The number of nitrogens with zero attached hydrogens (tertiary/aromatic N) is 1. The number of rotatable bonds is 5. The largest absolute Gasteiger partial charge is 0.396 e. The van der Waals surface area contributed by atoms with E-state index in [0.29, 0.717) is 5.56 Å². The van der Waals surface area contributed by atoms with E-state index in [0.717, 1.165) is 6.07 Å². The predicted molar refractivity (Wildman–Crippen MR) is 75.4 cm³/mol. The molecule has 6 heteroatoms. The molecular formula is C14H19ClFNO3. The van der Waals surface area contributed by atoms with Gasteiger partial charge in [-0.15, -0.1) is 0 Å². The van der Waals surface area contributed by atoms with E-state index in [9.17, 15) is 19.4 Å². The molecule has 0 fully saturated rings. The third-order valence-corrected chi connectivity index (χ3v) is 3.52. The summed E-state index contributed by atoms with van der Waals surface area (Å²) in [6.45, 7) is 2.86. The molecule has 1 aromatic carbocycles. The van der Waals surface area contributed by atoms with Crippen molar-refractivity contribution >= 4 is 17.5 Å². The second-order valence-electron chi connectivity index (χ2n) is 5.37. The number of aliphatic hydroxyl groups excluding tert-OH is 2. The zero-order valence-electron chi connectivity index (χ0n) is 11.8. The van der Waals surface area contributed by atoms with Crippen LogP contribution < -0.4 is 0 Å². The highest BCUT2D eigenvalue weighted by atomic mass is 35.5. The average molecular weight is 304 g/mol. The van der Waals surface area contributed by atoms with Gasteiger partial charge in [0.05, 0.1) is 23.8 Å². The number of aryl methyl sites for hydroxylation is 1. The standard InChI is InChI=1S/C14H19ClFNO3/c1-9-4-10(11(15)5-12(9)16)13(20)17(3)6-14(2,7-18)8-19/h4-5,18-19H,6-8H2,1-3H3. The molecule has 0 bridgehead atoms. The van der Waals surface area contributed by atoms with Crippen LogP contribution in [0.5, 0.6) is 0 Å². The van der Waals surface area contributed by atoms with Crippen LogP contribution in [0, 0.1) is 18.2 Å². The summed E-state index contributed by atoms with van der Waals surface area (Å²) >= 11 is 5.89. The third kappa shape index (κ3) is 3.69. The van der Waals surface area contributed by atoms with Crippen LogP contribution in [-0.4, -0.2) is 47.8 Å². The van der Waals surface area contributed by atoms with Crippen LogP contribution in [0.25, 0.3) is 0 Å². The van der Waals surface area contributed by atoms with Gasteiger partial charge >= 0.3 is 0 Å². The maximum Gasteiger partial charge on any atom is 0.255 e. The number of amides is 1. The normalized spacial score (nSPS) is 11.6. The lowest BCUT2D eigenvalue weighted by atomic mass is 9.92. The highest BCUT2D eigenvalue weighted by Crippen LogP contribution is 2.23. The molecule has 4 nitrogen and oxygen atoms in total. The molecule has 0 unspecified atom stereocenters. The van der Waals surface area contributed by atoms with Gasteiger partial charge in [0.1, 0.15) is 5.82 Å². The van der Waals surface area contributed by atoms with Gasteiger partial charge in [-0.3, -0.25) is 4.79 Å². The molecule has 0 aliphatic rings. The molecule has 2 N–H and O–H groups in total. The van der Waals surface area contributed by atoms with Crippen molar-refractivity contribution in [3.05, 3.63) is 34.1 Å². The van der Waals surface area contributed by atoms with Crippen molar-refractivity contribution < 1.29 is 19.4 Å². The first-order chi connectivity index (χ1) is 9.24. The molecular weight excluding hydrogens is 285 g/mol. The lowest BCUT2D eigenvalue weighted by Crippen LogP contribution is -2.41. The molecule has 1 amide bonds. The summed E-state index contributed by atoms with van der Waals surface area (Å²) in [5.41, 5.74) is -0.268. The van der Waals surface area contributed by atoms with Gasteiger partial charge in [0.2, 0.25) is 0 Å². The molecule has 0 radical (unpaired) electrons. The van der Waals surface area contributed by atoms with Gasteiger partial charge < -0.3 is 15.1 Å². The Morgan fingerprint density at radius 1 is 1.40 bits per heavy atom. The van der Waals surface area contributed by atoms with E-state index in [4.69, 9.17) is 11.6 Å². The van der Waals surface area contributed by atoms with Crippen molar-refractivity contribution in [2.24, 2.45) is 5.41 Å². The van der Waals surface area contributed by atoms with Crippen molar-refractivity contribution in [3.63, 3.8) is 0 Å². The summed E-state index contributed by atoms with van der Waals surface area (Å²) in [5.74, 6) is -0.851. The number of aliphatic hydroxyl groups is 2. The smallest absolute Gasteiger partial charge is 0.255 e. The Morgan fingerprint density at radius 2 is 1.95 bits per heavy atom. The predicted octanol–water partition coefficient (Wildman–Crippen LogP) is 1.85. The van der Waals surface area contributed by atoms with Crippen LogP contribution in [0.1, 0.15) is 22.8 Å². The molecule has 0 saturated heterocycles. The first-order valence-corrected chi connectivity index (χ1v) is 6.54. The number of halogens is 2. The molecule has 0 saturated carbocycles. The second kappa shape index (κ2) is 6.52. The SMILES string of the molecule is Cc1cc(C(=O)N(C)CC(C)(CO)CO)c(Cl)cc1F. The molecule has 0 aromatic heterocycles. The van der Waals surface area contributed by atoms with E-state index in [1.54, 1.807) is 20.9 Å². The maximum absolute atomic E-state index is 13.3. The number of benzene rings is 1. The first kappa shape index (κ1) is 16.9. The summed E-state index contributed by atoms with van der Waals surface area (Å²) in [7, 11) is 1.54. The molecule has 112 valence electrons. The summed E-state index contributed by atoms with van der Waals surface area (Å²) in [6, 6.07) is 2.50. The van der Waals surface area contributed by atoms with Gasteiger partial charge in [-0.1, -0.05) is 18.5 Å². The minimum absolute atomic E-state index is 0.0413. The van der Waals surface area contributed by atoms with Gasteiger partial charge in [-0.2, -0.15) is 0 Å². The fraction of sp³-hybridized carbons (Fsp3) is 0.500. The van der Waals surface area contributed by atoms with Gasteiger partial charge in [0.15, 0.2) is 0 Å². The van der Waals surface area contributed by atoms with Crippen LogP contribution in [0.3, 0.4) is 0 Å².